The average Bonchev–Trinajstić information content (AvgIpc) is 2.57. The fourth-order valence-electron chi connectivity index (χ4n) is 2.98. The summed E-state index contributed by atoms with van der Waals surface area (Å²) in [6, 6.07) is 3.15. The summed E-state index contributed by atoms with van der Waals surface area (Å²) in [5.74, 6) is 0.0718. The molecule has 25 heavy (non-hydrogen) atoms. The van der Waals surface area contributed by atoms with Crippen molar-refractivity contribution in [3.05, 3.63) is 32.8 Å². The average molecular weight is 369 g/mol. The van der Waals surface area contributed by atoms with Crippen LogP contribution in [-0.2, 0) is 4.79 Å². The molecule has 0 atom stereocenters. The number of nitro benzene ring substituents is 1. The summed E-state index contributed by atoms with van der Waals surface area (Å²) >= 11 is 6.21. The Hall–Kier alpha value is -1.86. The molecule has 0 aliphatic carbocycles. The third kappa shape index (κ3) is 5.57. The minimum atomic E-state index is -0.440. The lowest BCUT2D eigenvalue weighted by atomic mass is 10.0. The van der Waals surface area contributed by atoms with Gasteiger partial charge in [-0.15, -0.1) is 0 Å². The second-order valence-electron chi connectivity index (χ2n) is 6.42. The number of halogens is 1. The first-order chi connectivity index (χ1) is 11.9. The van der Waals surface area contributed by atoms with Crippen molar-refractivity contribution in [3.63, 3.8) is 0 Å². The van der Waals surface area contributed by atoms with Crippen LogP contribution in [0.5, 0.6) is 0 Å². The third-order valence-corrected chi connectivity index (χ3v) is 4.66. The van der Waals surface area contributed by atoms with Crippen LogP contribution in [0.2, 0.25) is 5.02 Å². The maximum absolute atomic E-state index is 11.8. The fraction of sp³-hybridized carbons (Fsp3) is 0.588. The second-order valence-corrected chi connectivity index (χ2v) is 6.83. The van der Waals surface area contributed by atoms with E-state index in [0.29, 0.717) is 11.6 Å². The van der Waals surface area contributed by atoms with Crippen LogP contribution in [0.3, 0.4) is 0 Å². The molecule has 0 radical (unpaired) electrons. The maximum Gasteiger partial charge on any atom is 0.271 e. The van der Waals surface area contributed by atoms with E-state index < -0.39 is 4.92 Å². The Bertz CT molecular complexity index is 607. The smallest absolute Gasteiger partial charge is 0.271 e. The Morgan fingerprint density at radius 3 is 2.64 bits per heavy atom. The molecule has 8 heteroatoms. The molecular formula is C17H25ClN4O3. The number of amides is 1. The van der Waals surface area contributed by atoms with Gasteiger partial charge in [0, 0.05) is 37.8 Å². The minimum absolute atomic E-state index is 0.000890. The van der Waals surface area contributed by atoms with Gasteiger partial charge in [0.2, 0.25) is 5.91 Å². The molecule has 7 nitrogen and oxygen atoms in total. The highest BCUT2D eigenvalue weighted by Crippen LogP contribution is 2.32. The van der Waals surface area contributed by atoms with Crippen LogP contribution >= 0.6 is 11.6 Å². The molecule has 0 spiro atoms. The van der Waals surface area contributed by atoms with Gasteiger partial charge in [0.25, 0.3) is 5.69 Å². The number of carbonyl (C=O) groups excluding carboxylic acids is 1. The summed E-state index contributed by atoms with van der Waals surface area (Å²) < 4.78 is 0. The molecular weight excluding hydrogens is 344 g/mol. The van der Waals surface area contributed by atoms with Gasteiger partial charge < -0.3 is 10.6 Å². The number of piperidine rings is 1. The van der Waals surface area contributed by atoms with Crippen molar-refractivity contribution in [2.75, 3.05) is 31.5 Å². The van der Waals surface area contributed by atoms with Crippen LogP contribution in [0.1, 0.15) is 31.7 Å². The lowest BCUT2D eigenvalue weighted by Gasteiger charge is -2.32. The third-order valence-electron chi connectivity index (χ3n) is 4.36. The molecule has 1 aromatic rings. The summed E-state index contributed by atoms with van der Waals surface area (Å²) in [4.78, 5) is 24.4. The maximum atomic E-state index is 11.8. The van der Waals surface area contributed by atoms with Crippen molar-refractivity contribution in [2.45, 2.75) is 39.2 Å². The number of benzene rings is 1. The van der Waals surface area contributed by atoms with Gasteiger partial charge in [0.05, 0.1) is 22.2 Å². The number of hydrogen-bond donors (Lipinski definition) is 2. The number of likely N-dealkylation sites (tertiary alicyclic amines) is 1. The molecule has 138 valence electrons. The van der Waals surface area contributed by atoms with E-state index in [0.717, 1.165) is 50.1 Å². The topological polar surface area (TPSA) is 87.5 Å². The number of rotatable bonds is 7. The molecule has 1 saturated heterocycles. The van der Waals surface area contributed by atoms with Crippen molar-refractivity contribution in [2.24, 2.45) is 0 Å². The highest BCUT2D eigenvalue weighted by Gasteiger charge is 2.22. The summed E-state index contributed by atoms with van der Waals surface area (Å²) in [5, 5.41) is 17.6. The number of nitro groups is 1. The van der Waals surface area contributed by atoms with Crippen LogP contribution in [0, 0.1) is 17.0 Å². The van der Waals surface area contributed by atoms with Crippen LogP contribution in [0.15, 0.2) is 12.1 Å². The molecule has 0 bridgehead atoms. The highest BCUT2D eigenvalue weighted by atomic mass is 35.5. The van der Waals surface area contributed by atoms with Crippen molar-refractivity contribution >= 4 is 28.9 Å². The zero-order valence-corrected chi connectivity index (χ0v) is 15.4. The molecule has 1 amide bonds. The lowest BCUT2D eigenvalue weighted by Crippen LogP contribution is -2.44. The molecule has 1 aromatic carbocycles. The number of aryl methyl sites for hydroxylation is 1. The zero-order valence-electron chi connectivity index (χ0n) is 14.7. The first kappa shape index (κ1) is 19.5. The fourth-order valence-corrected chi connectivity index (χ4v) is 3.29. The van der Waals surface area contributed by atoms with Crippen molar-refractivity contribution in [3.8, 4) is 0 Å². The van der Waals surface area contributed by atoms with Crippen LogP contribution in [0.25, 0.3) is 0 Å². The van der Waals surface area contributed by atoms with E-state index in [4.69, 9.17) is 11.6 Å². The van der Waals surface area contributed by atoms with Gasteiger partial charge in [-0.2, -0.15) is 0 Å². The largest absolute Gasteiger partial charge is 0.381 e. The van der Waals surface area contributed by atoms with Gasteiger partial charge in [-0.25, -0.2) is 0 Å². The SMILES string of the molecule is CCCNC(=O)CN1CCC(Nc2c(C)cc([N+](=O)[O-])cc2Cl)CC1. The van der Waals surface area contributed by atoms with Gasteiger partial charge in [0.15, 0.2) is 0 Å². The Kier molecular flexibility index (Phi) is 7.01. The molecule has 0 aromatic heterocycles. The van der Waals surface area contributed by atoms with E-state index in [1.165, 1.54) is 12.1 Å². The number of non-ortho nitro benzene ring substituents is 1. The van der Waals surface area contributed by atoms with Crippen molar-refractivity contribution in [1.29, 1.82) is 0 Å². The van der Waals surface area contributed by atoms with Crippen molar-refractivity contribution < 1.29 is 9.72 Å². The molecule has 1 heterocycles. The van der Waals surface area contributed by atoms with Crippen molar-refractivity contribution in [1.82, 2.24) is 10.2 Å². The molecule has 1 aliphatic heterocycles. The second kappa shape index (κ2) is 9.01. The summed E-state index contributed by atoms with van der Waals surface area (Å²) in [6.45, 7) is 6.66. The van der Waals surface area contributed by atoms with Gasteiger partial charge in [-0.3, -0.25) is 19.8 Å². The van der Waals surface area contributed by atoms with Crippen LogP contribution in [-0.4, -0.2) is 48.0 Å². The Labute approximate surface area is 152 Å². The Morgan fingerprint density at radius 1 is 1.40 bits per heavy atom. The van der Waals surface area contributed by atoms with E-state index in [1.807, 2.05) is 13.8 Å². The monoisotopic (exact) mass is 368 g/mol. The molecule has 2 rings (SSSR count). The lowest BCUT2D eigenvalue weighted by molar-refractivity contribution is -0.384. The molecule has 0 unspecified atom stereocenters. The van der Waals surface area contributed by atoms with E-state index in [2.05, 4.69) is 15.5 Å². The van der Waals surface area contributed by atoms with Gasteiger partial charge >= 0.3 is 0 Å². The summed E-state index contributed by atoms with van der Waals surface area (Å²) in [5.41, 5.74) is 1.52. The quantitative estimate of drug-likeness (QED) is 0.570. The predicted octanol–water partition coefficient (Wildman–Crippen LogP) is 2.96. The van der Waals surface area contributed by atoms with E-state index in [-0.39, 0.29) is 17.6 Å². The normalized spacial score (nSPS) is 15.8. The van der Waals surface area contributed by atoms with Gasteiger partial charge in [-0.05, 0) is 31.7 Å². The molecule has 2 N–H and O–H groups in total. The van der Waals surface area contributed by atoms with Crippen LogP contribution < -0.4 is 10.6 Å². The molecule has 1 fully saturated rings. The number of nitrogens with one attached hydrogen (secondary N) is 2. The standard InChI is InChI=1S/C17H25ClN4O3/c1-3-6-19-16(23)11-21-7-4-13(5-8-21)20-17-12(2)9-14(22(24)25)10-15(17)18/h9-10,13,20H,3-8,11H2,1-2H3,(H,19,23). The first-order valence-electron chi connectivity index (χ1n) is 8.60. The highest BCUT2D eigenvalue weighted by molar-refractivity contribution is 6.33. The number of hydrogen-bond acceptors (Lipinski definition) is 5. The Morgan fingerprint density at radius 2 is 2.08 bits per heavy atom. The number of carbonyl (C=O) groups is 1. The number of nitrogens with zero attached hydrogens (tertiary/aromatic N) is 2. The summed E-state index contributed by atoms with van der Waals surface area (Å²) in [7, 11) is 0. The molecule has 0 saturated carbocycles. The van der Waals surface area contributed by atoms with Gasteiger partial charge in [0.1, 0.15) is 0 Å². The first-order valence-corrected chi connectivity index (χ1v) is 8.98. The van der Waals surface area contributed by atoms with Gasteiger partial charge in [-0.1, -0.05) is 18.5 Å². The summed E-state index contributed by atoms with van der Waals surface area (Å²) in [6.07, 6.45) is 2.73. The minimum Gasteiger partial charge on any atom is -0.381 e. The van der Waals surface area contributed by atoms with E-state index in [9.17, 15) is 14.9 Å². The number of anilines is 1. The zero-order chi connectivity index (χ0) is 18.4. The Balaban J connectivity index is 1.88. The predicted molar refractivity (Wildman–Crippen MR) is 99.2 cm³/mol. The van der Waals surface area contributed by atoms with E-state index in [1.54, 1.807) is 0 Å². The molecule has 1 aliphatic rings. The van der Waals surface area contributed by atoms with E-state index >= 15 is 0 Å². The van der Waals surface area contributed by atoms with Crippen LogP contribution in [0.4, 0.5) is 11.4 Å².